The molecule has 1 saturated carbocycles. The SMILES string of the molecule is CN(C(=O)CS(=O)(=O)C1CCCC1)C1CCN(Cc2ccccc2)CC1. The minimum atomic E-state index is -3.30. The minimum absolute atomic E-state index is 0.147. The molecule has 1 aromatic rings. The molecule has 144 valence electrons. The molecule has 1 aliphatic carbocycles. The van der Waals surface area contributed by atoms with Crippen LogP contribution in [-0.4, -0.2) is 61.3 Å². The molecule has 0 aromatic heterocycles. The van der Waals surface area contributed by atoms with E-state index in [1.807, 2.05) is 6.07 Å². The lowest BCUT2D eigenvalue weighted by atomic mass is 10.0. The van der Waals surface area contributed by atoms with Gasteiger partial charge in [0.05, 0.1) is 5.25 Å². The number of amides is 1. The smallest absolute Gasteiger partial charge is 0.237 e. The Morgan fingerprint density at radius 3 is 2.31 bits per heavy atom. The van der Waals surface area contributed by atoms with Gasteiger partial charge >= 0.3 is 0 Å². The zero-order valence-corrected chi connectivity index (χ0v) is 16.5. The second kappa shape index (κ2) is 8.53. The average molecular weight is 379 g/mol. The van der Waals surface area contributed by atoms with Gasteiger partial charge in [-0.05, 0) is 31.2 Å². The zero-order chi connectivity index (χ0) is 18.6. The fourth-order valence-corrected chi connectivity index (χ4v) is 5.98. The van der Waals surface area contributed by atoms with Gasteiger partial charge in [0.25, 0.3) is 0 Å². The number of rotatable bonds is 6. The summed E-state index contributed by atoms with van der Waals surface area (Å²) in [5.41, 5.74) is 1.30. The Balaban J connectivity index is 1.48. The van der Waals surface area contributed by atoms with Crippen LogP contribution in [0.5, 0.6) is 0 Å². The lowest BCUT2D eigenvalue weighted by Crippen LogP contribution is -2.47. The van der Waals surface area contributed by atoms with Crippen LogP contribution >= 0.6 is 0 Å². The number of piperidine rings is 1. The molecule has 2 aliphatic rings. The summed E-state index contributed by atoms with van der Waals surface area (Å²) in [6, 6.07) is 10.5. The van der Waals surface area contributed by atoms with E-state index in [2.05, 4.69) is 29.2 Å². The van der Waals surface area contributed by atoms with Crippen molar-refractivity contribution in [2.24, 2.45) is 0 Å². The molecule has 1 amide bonds. The fraction of sp³-hybridized carbons (Fsp3) is 0.650. The number of likely N-dealkylation sites (tertiary alicyclic amines) is 1. The minimum Gasteiger partial charge on any atom is -0.342 e. The number of sulfone groups is 1. The molecule has 6 heteroatoms. The van der Waals surface area contributed by atoms with E-state index < -0.39 is 9.84 Å². The van der Waals surface area contributed by atoms with Crippen molar-refractivity contribution >= 4 is 15.7 Å². The van der Waals surface area contributed by atoms with Crippen molar-refractivity contribution in [1.29, 1.82) is 0 Å². The third-order valence-electron chi connectivity index (χ3n) is 5.88. The van der Waals surface area contributed by atoms with Gasteiger partial charge < -0.3 is 4.90 Å². The van der Waals surface area contributed by atoms with Gasteiger partial charge in [-0.15, -0.1) is 0 Å². The van der Waals surface area contributed by atoms with Crippen LogP contribution in [0.15, 0.2) is 30.3 Å². The fourth-order valence-electron chi connectivity index (χ4n) is 4.15. The number of nitrogens with zero attached hydrogens (tertiary/aromatic N) is 2. The van der Waals surface area contributed by atoms with Crippen LogP contribution in [0.2, 0.25) is 0 Å². The highest BCUT2D eigenvalue weighted by Gasteiger charge is 2.33. The van der Waals surface area contributed by atoms with Crippen LogP contribution in [0.4, 0.5) is 0 Å². The van der Waals surface area contributed by atoms with Gasteiger partial charge in [0.2, 0.25) is 5.91 Å². The summed E-state index contributed by atoms with van der Waals surface area (Å²) in [6.07, 6.45) is 5.17. The highest BCUT2D eigenvalue weighted by molar-refractivity contribution is 7.92. The van der Waals surface area contributed by atoms with E-state index in [1.54, 1.807) is 11.9 Å². The predicted octanol–water partition coefficient (Wildman–Crippen LogP) is 2.47. The lowest BCUT2D eigenvalue weighted by molar-refractivity contribution is -0.130. The largest absolute Gasteiger partial charge is 0.342 e. The van der Waals surface area contributed by atoms with Gasteiger partial charge in [0, 0.05) is 32.7 Å². The van der Waals surface area contributed by atoms with E-state index in [4.69, 9.17) is 0 Å². The Hall–Kier alpha value is -1.40. The van der Waals surface area contributed by atoms with E-state index >= 15 is 0 Å². The molecule has 0 bridgehead atoms. The summed E-state index contributed by atoms with van der Waals surface area (Å²) < 4.78 is 24.9. The van der Waals surface area contributed by atoms with Crippen LogP contribution in [0, 0.1) is 0 Å². The van der Waals surface area contributed by atoms with Gasteiger partial charge in [-0.3, -0.25) is 9.69 Å². The Kier molecular flexibility index (Phi) is 6.35. The van der Waals surface area contributed by atoms with Crippen LogP contribution in [0.25, 0.3) is 0 Å². The number of carbonyl (C=O) groups is 1. The summed E-state index contributed by atoms with van der Waals surface area (Å²) in [5.74, 6) is -0.559. The standard InChI is InChI=1S/C20H30N2O3S/c1-21(20(23)16-26(24,25)19-9-5-6-10-19)18-11-13-22(14-12-18)15-17-7-3-2-4-8-17/h2-4,7-8,18-19H,5-6,9-16H2,1H3. The first-order chi connectivity index (χ1) is 12.5. The first-order valence-electron chi connectivity index (χ1n) is 9.69. The maximum atomic E-state index is 12.5. The van der Waals surface area contributed by atoms with Gasteiger partial charge in [-0.25, -0.2) is 8.42 Å². The van der Waals surface area contributed by atoms with Gasteiger partial charge in [0.15, 0.2) is 9.84 Å². The van der Waals surface area contributed by atoms with E-state index in [9.17, 15) is 13.2 Å². The zero-order valence-electron chi connectivity index (χ0n) is 15.6. The average Bonchev–Trinajstić information content (AvgIpc) is 3.18. The molecule has 26 heavy (non-hydrogen) atoms. The van der Waals surface area contributed by atoms with Crippen LogP contribution < -0.4 is 0 Å². The molecule has 0 atom stereocenters. The molecule has 1 saturated heterocycles. The second-order valence-corrected chi connectivity index (χ2v) is 9.99. The molecule has 0 N–H and O–H groups in total. The Morgan fingerprint density at radius 1 is 1.08 bits per heavy atom. The van der Waals surface area contributed by atoms with E-state index in [0.717, 1.165) is 58.2 Å². The molecule has 1 heterocycles. The first-order valence-corrected chi connectivity index (χ1v) is 11.4. The molecule has 2 fully saturated rings. The van der Waals surface area contributed by atoms with Gasteiger partial charge in [-0.1, -0.05) is 43.2 Å². The third-order valence-corrected chi connectivity index (χ3v) is 8.02. The summed E-state index contributed by atoms with van der Waals surface area (Å²) in [5, 5.41) is -0.299. The van der Waals surface area contributed by atoms with Crippen molar-refractivity contribution in [3.8, 4) is 0 Å². The first kappa shape index (κ1) is 19.4. The van der Waals surface area contributed by atoms with E-state index in [-0.39, 0.29) is 23.0 Å². The molecular formula is C20H30N2O3S. The molecule has 0 unspecified atom stereocenters. The Labute approximate surface area is 157 Å². The highest BCUT2D eigenvalue weighted by Crippen LogP contribution is 2.26. The molecular weight excluding hydrogens is 348 g/mol. The lowest BCUT2D eigenvalue weighted by Gasteiger charge is -2.37. The molecule has 0 radical (unpaired) electrons. The topological polar surface area (TPSA) is 57.7 Å². The van der Waals surface area contributed by atoms with Crippen molar-refractivity contribution in [3.05, 3.63) is 35.9 Å². The summed E-state index contributed by atoms with van der Waals surface area (Å²) in [7, 11) is -1.53. The van der Waals surface area contributed by atoms with Crippen molar-refractivity contribution in [2.45, 2.75) is 56.4 Å². The van der Waals surface area contributed by atoms with Crippen LogP contribution in [0.1, 0.15) is 44.1 Å². The van der Waals surface area contributed by atoms with E-state index in [0.29, 0.717) is 0 Å². The molecule has 0 spiro atoms. The summed E-state index contributed by atoms with van der Waals surface area (Å²) in [4.78, 5) is 16.6. The predicted molar refractivity (Wildman–Crippen MR) is 104 cm³/mol. The van der Waals surface area contributed by atoms with Crippen molar-refractivity contribution in [2.75, 3.05) is 25.9 Å². The molecule has 1 aromatic carbocycles. The quantitative estimate of drug-likeness (QED) is 0.763. The molecule has 5 nitrogen and oxygen atoms in total. The number of carbonyl (C=O) groups excluding carboxylic acids is 1. The van der Waals surface area contributed by atoms with Crippen LogP contribution in [0.3, 0.4) is 0 Å². The Bertz CT molecular complexity index is 691. The van der Waals surface area contributed by atoms with Gasteiger partial charge in [-0.2, -0.15) is 0 Å². The van der Waals surface area contributed by atoms with Crippen molar-refractivity contribution in [1.82, 2.24) is 9.80 Å². The van der Waals surface area contributed by atoms with Crippen molar-refractivity contribution in [3.63, 3.8) is 0 Å². The Morgan fingerprint density at radius 2 is 1.69 bits per heavy atom. The third kappa shape index (κ3) is 4.86. The van der Waals surface area contributed by atoms with Crippen LogP contribution in [-0.2, 0) is 21.2 Å². The monoisotopic (exact) mass is 378 g/mol. The number of hydrogen-bond donors (Lipinski definition) is 0. The molecule has 1 aliphatic heterocycles. The maximum Gasteiger partial charge on any atom is 0.237 e. The number of hydrogen-bond acceptors (Lipinski definition) is 4. The van der Waals surface area contributed by atoms with Crippen molar-refractivity contribution < 1.29 is 13.2 Å². The number of benzene rings is 1. The maximum absolute atomic E-state index is 12.5. The van der Waals surface area contributed by atoms with E-state index in [1.165, 1.54) is 5.56 Å². The molecule has 3 rings (SSSR count). The second-order valence-electron chi connectivity index (χ2n) is 7.71. The highest BCUT2D eigenvalue weighted by atomic mass is 32.2. The summed E-state index contributed by atoms with van der Waals surface area (Å²) in [6.45, 7) is 2.81. The normalized spacial score (nSPS) is 20.3. The summed E-state index contributed by atoms with van der Waals surface area (Å²) >= 11 is 0. The van der Waals surface area contributed by atoms with Gasteiger partial charge in [0.1, 0.15) is 5.75 Å².